The van der Waals surface area contributed by atoms with Gasteiger partial charge in [-0.3, -0.25) is 14.3 Å². The molecule has 28 heavy (non-hydrogen) atoms. The Kier molecular flexibility index (Phi) is 6.92. The molecule has 1 aromatic heterocycles. The van der Waals surface area contributed by atoms with E-state index in [-0.39, 0.29) is 19.0 Å². The molecule has 2 rings (SSSR count). The van der Waals surface area contributed by atoms with Crippen LogP contribution in [0.2, 0.25) is 0 Å². The number of aromatic nitrogens is 2. The molecule has 0 spiro atoms. The van der Waals surface area contributed by atoms with Gasteiger partial charge in [-0.2, -0.15) is 5.10 Å². The summed E-state index contributed by atoms with van der Waals surface area (Å²) in [4.78, 5) is 36.5. The van der Waals surface area contributed by atoms with Crippen LogP contribution in [0.1, 0.15) is 41.2 Å². The van der Waals surface area contributed by atoms with Crippen LogP contribution < -0.4 is 5.32 Å². The second kappa shape index (κ2) is 9.16. The van der Waals surface area contributed by atoms with Crippen LogP contribution in [0, 0.1) is 13.8 Å². The Hall–Kier alpha value is -3.16. The second-order valence-corrected chi connectivity index (χ2v) is 6.78. The molecule has 0 radical (unpaired) electrons. The van der Waals surface area contributed by atoms with Crippen LogP contribution >= 0.6 is 0 Å². The van der Waals surface area contributed by atoms with E-state index in [0.717, 1.165) is 17.0 Å². The molecule has 2 aromatic rings. The standard InChI is InChI=1S/C20H26N4O4/c1-13-11-14(2)24(22-13)12-17-5-7-18(8-6-17)19(26)23(15(3)20(27)28)10-9-21-16(4)25/h5-8,11,15H,9-10,12H2,1-4H3,(H,21,25)(H,27,28). The Bertz CT molecular complexity index is 858. The molecular formula is C20H26N4O4. The van der Waals surface area contributed by atoms with E-state index in [1.165, 1.54) is 18.7 Å². The highest BCUT2D eigenvalue weighted by Gasteiger charge is 2.26. The number of nitrogens with one attached hydrogen (secondary N) is 1. The number of hydrogen-bond donors (Lipinski definition) is 2. The van der Waals surface area contributed by atoms with Crippen molar-refractivity contribution in [1.82, 2.24) is 20.0 Å². The SMILES string of the molecule is CC(=O)NCCN(C(=O)c1ccc(Cn2nc(C)cc2C)cc1)C(C)C(=O)O. The number of rotatable bonds is 8. The molecule has 8 nitrogen and oxygen atoms in total. The maximum Gasteiger partial charge on any atom is 0.326 e. The number of carboxylic acid groups (broad SMARTS) is 1. The summed E-state index contributed by atoms with van der Waals surface area (Å²) in [5.74, 6) is -1.72. The molecule has 2 N–H and O–H groups in total. The van der Waals surface area contributed by atoms with Gasteiger partial charge in [-0.1, -0.05) is 12.1 Å². The zero-order chi connectivity index (χ0) is 20.8. The molecule has 8 heteroatoms. The highest BCUT2D eigenvalue weighted by molar-refractivity contribution is 5.96. The van der Waals surface area contributed by atoms with Gasteiger partial charge in [0.2, 0.25) is 5.91 Å². The number of carbonyl (C=O) groups excluding carboxylic acids is 2. The maximum atomic E-state index is 12.8. The number of hydrogen-bond acceptors (Lipinski definition) is 4. The van der Waals surface area contributed by atoms with Crippen molar-refractivity contribution in [2.45, 2.75) is 40.3 Å². The summed E-state index contributed by atoms with van der Waals surface area (Å²) in [6.07, 6.45) is 0. The summed E-state index contributed by atoms with van der Waals surface area (Å²) in [6.45, 7) is 7.63. The van der Waals surface area contributed by atoms with Crippen LogP contribution in [0.3, 0.4) is 0 Å². The van der Waals surface area contributed by atoms with Gasteiger partial charge in [0.05, 0.1) is 12.2 Å². The third-order valence-electron chi connectivity index (χ3n) is 4.45. The van der Waals surface area contributed by atoms with Crippen LogP contribution in [-0.4, -0.2) is 56.7 Å². The van der Waals surface area contributed by atoms with Gasteiger partial charge in [0.15, 0.2) is 0 Å². The van der Waals surface area contributed by atoms with E-state index in [1.807, 2.05) is 36.7 Å². The smallest absolute Gasteiger partial charge is 0.326 e. The van der Waals surface area contributed by atoms with E-state index in [2.05, 4.69) is 10.4 Å². The largest absolute Gasteiger partial charge is 0.480 e. The lowest BCUT2D eigenvalue weighted by atomic mass is 10.1. The number of aryl methyl sites for hydroxylation is 2. The first-order chi connectivity index (χ1) is 13.2. The van der Waals surface area contributed by atoms with E-state index in [0.29, 0.717) is 12.1 Å². The van der Waals surface area contributed by atoms with Crippen LogP contribution in [-0.2, 0) is 16.1 Å². The number of nitrogens with zero attached hydrogens (tertiary/aromatic N) is 3. The first kappa shape index (κ1) is 21.1. The van der Waals surface area contributed by atoms with Gasteiger partial charge in [0.25, 0.3) is 5.91 Å². The van der Waals surface area contributed by atoms with Crippen LogP contribution in [0.4, 0.5) is 0 Å². The zero-order valence-electron chi connectivity index (χ0n) is 16.6. The summed E-state index contributed by atoms with van der Waals surface area (Å²) < 4.78 is 1.89. The first-order valence-corrected chi connectivity index (χ1v) is 9.07. The Morgan fingerprint density at radius 2 is 1.86 bits per heavy atom. The third kappa shape index (κ3) is 5.42. The normalized spacial score (nSPS) is 11.7. The van der Waals surface area contributed by atoms with Gasteiger partial charge >= 0.3 is 5.97 Å². The van der Waals surface area contributed by atoms with Gasteiger partial charge in [0.1, 0.15) is 6.04 Å². The van der Waals surface area contributed by atoms with Crippen molar-refractivity contribution in [3.8, 4) is 0 Å². The highest BCUT2D eigenvalue weighted by atomic mass is 16.4. The molecule has 0 saturated carbocycles. The average molecular weight is 386 g/mol. The van der Waals surface area contributed by atoms with E-state index in [1.54, 1.807) is 12.1 Å². The lowest BCUT2D eigenvalue weighted by Crippen LogP contribution is -2.46. The van der Waals surface area contributed by atoms with Crippen LogP contribution in [0.5, 0.6) is 0 Å². The van der Waals surface area contributed by atoms with Crippen LogP contribution in [0.15, 0.2) is 30.3 Å². The van der Waals surface area contributed by atoms with Crippen LogP contribution in [0.25, 0.3) is 0 Å². The van der Waals surface area contributed by atoms with Crippen molar-refractivity contribution in [3.05, 3.63) is 52.8 Å². The molecule has 1 heterocycles. The van der Waals surface area contributed by atoms with Gasteiger partial charge in [-0.15, -0.1) is 0 Å². The molecule has 2 amide bonds. The Balaban J connectivity index is 2.13. The first-order valence-electron chi connectivity index (χ1n) is 9.07. The molecular weight excluding hydrogens is 360 g/mol. The number of carbonyl (C=O) groups is 3. The van der Waals surface area contributed by atoms with Gasteiger partial charge in [-0.25, -0.2) is 4.79 Å². The quantitative estimate of drug-likeness (QED) is 0.717. The molecule has 0 fully saturated rings. The summed E-state index contributed by atoms with van der Waals surface area (Å²) in [5.41, 5.74) is 3.38. The van der Waals surface area contributed by atoms with Crippen molar-refractivity contribution in [2.24, 2.45) is 0 Å². The van der Waals surface area contributed by atoms with E-state index in [4.69, 9.17) is 0 Å². The fourth-order valence-corrected chi connectivity index (χ4v) is 2.88. The number of aliphatic carboxylic acids is 1. The summed E-state index contributed by atoms with van der Waals surface area (Å²) in [5, 5.41) is 16.3. The van der Waals surface area contributed by atoms with Crippen molar-refractivity contribution in [2.75, 3.05) is 13.1 Å². The fourth-order valence-electron chi connectivity index (χ4n) is 2.88. The summed E-state index contributed by atoms with van der Waals surface area (Å²) in [6, 6.07) is 8.03. The average Bonchev–Trinajstić information content (AvgIpc) is 2.95. The zero-order valence-corrected chi connectivity index (χ0v) is 16.6. The number of benzene rings is 1. The molecule has 0 saturated heterocycles. The van der Waals surface area contributed by atoms with Crippen molar-refractivity contribution in [3.63, 3.8) is 0 Å². The predicted octanol–water partition coefficient (Wildman–Crippen LogP) is 1.60. The Labute approximate surface area is 164 Å². The molecule has 1 unspecified atom stereocenters. The second-order valence-electron chi connectivity index (χ2n) is 6.78. The fraction of sp³-hybridized carbons (Fsp3) is 0.400. The molecule has 0 aliphatic rings. The lowest BCUT2D eigenvalue weighted by molar-refractivity contribution is -0.141. The Morgan fingerprint density at radius 1 is 1.21 bits per heavy atom. The van der Waals surface area contributed by atoms with Crippen molar-refractivity contribution < 1.29 is 19.5 Å². The molecule has 150 valence electrons. The number of amides is 2. The lowest BCUT2D eigenvalue weighted by Gasteiger charge is -2.26. The summed E-state index contributed by atoms with van der Waals surface area (Å²) >= 11 is 0. The highest BCUT2D eigenvalue weighted by Crippen LogP contribution is 2.13. The van der Waals surface area contributed by atoms with Crippen molar-refractivity contribution >= 4 is 17.8 Å². The van der Waals surface area contributed by atoms with E-state index in [9.17, 15) is 19.5 Å². The van der Waals surface area contributed by atoms with Gasteiger partial charge in [-0.05, 0) is 44.5 Å². The maximum absolute atomic E-state index is 12.8. The monoisotopic (exact) mass is 386 g/mol. The molecule has 1 atom stereocenters. The topological polar surface area (TPSA) is 105 Å². The third-order valence-corrected chi connectivity index (χ3v) is 4.45. The number of carboxylic acids is 1. The summed E-state index contributed by atoms with van der Waals surface area (Å²) in [7, 11) is 0. The van der Waals surface area contributed by atoms with E-state index >= 15 is 0 Å². The van der Waals surface area contributed by atoms with Gasteiger partial charge < -0.3 is 15.3 Å². The van der Waals surface area contributed by atoms with Crippen molar-refractivity contribution in [1.29, 1.82) is 0 Å². The predicted molar refractivity (Wildman–Crippen MR) is 104 cm³/mol. The molecule has 1 aromatic carbocycles. The molecule has 0 aliphatic heterocycles. The minimum Gasteiger partial charge on any atom is -0.480 e. The minimum atomic E-state index is -1.10. The Morgan fingerprint density at radius 3 is 2.36 bits per heavy atom. The van der Waals surface area contributed by atoms with Gasteiger partial charge in [0, 0.05) is 31.3 Å². The van der Waals surface area contributed by atoms with E-state index < -0.39 is 17.9 Å². The minimum absolute atomic E-state index is 0.111. The molecule has 0 bridgehead atoms. The molecule has 0 aliphatic carbocycles.